The van der Waals surface area contributed by atoms with Gasteiger partial charge >= 0.3 is 0 Å². The number of benzene rings is 3. The first-order valence-electron chi connectivity index (χ1n) is 10.6. The van der Waals surface area contributed by atoms with E-state index in [1.807, 2.05) is 54.6 Å². The van der Waals surface area contributed by atoms with Crippen LogP contribution in [0.15, 0.2) is 78.9 Å². The molecule has 0 radical (unpaired) electrons. The maximum absolute atomic E-state index is 12.6. The fraction of sp³-hybridized carbons (Fsp3) is 0.231. The molecule has 0 spiro atoms. The molecule has 3 aromatic carbocycles. The van der Waals surface area contributed by atoms with Gasteiger partial charge in [-0.25, -0.2) is 0 Å². The number of aryl methyl sites for hydroxylation is 1. The average molecular weight is 415 g/mol. The molecule has 0 aromatic heterocycles. The molecule has 0 atom stereocenters. The molecule has 1 heterocycles. The number of carbonyl (C=O) groups excluding carboxylic acids is 2. The largest absolute Gasteiger partial charge is 0.492 e. The molecule has 0 saturated heterocycles. The predicted octanol–water partition coefficient (Wildman–Crippen LogP) is 4.29. The second-order valence-corrected chi connectivity index (χ2v) is 7.64. The van der Waals surface area contributed by atoms with Gasteiger partial charge in [0.15, 0.2) is 0 Å². The fourth-order valence-electron chi connectivity index (χ4n) is 3.87. The fourth-order valence-corrected chi connectivity index (χ4v) is 3.87. The van der Waals surface area contributed by atoms with E-state index in [1.54, 1.807) is 0 Å². The molecule has 0 saturated carbocycles. The molecule has 4 rings (SSSR count). The van der Waals surface area contributed by atoms with Crippen LogP contribution in [0, 0.1) is 0 Å². The summed E-state index contributed by atoms with van der Waals surface area (Å²) in [6.07, 6.45) is 1.60. The van der Waals surface area contributed by atoms with Crippen LogP contribution in [0.3, 0.4) is 0 Å². The summed E-state index contributed by atoms with van der Waals surface area (Å²) in [6, 6.07) is 25.9. The lowest BCUT2D eigenvalue weighted by atomic mass is 9.88. The zero-order valence-corrected chi connectivity index (χ0v) is 17.3. The van der Waals surface area contributed by atoms with Crippen LogP contribution in [-0.4, -0.2) is 25.0 Å². The maximum Gasteiger partial charge on any atom is 0.224 e. The Kier molecular flexibility index (Phi) is 6.62. The van der Waals surface area contributed by atoms with Crippen molar-refractivity contribution in [1.82, 2.24) is 5.32 Å². The predicted molar refractivity (Wildman–Crippen MR) is 121 cm³/mol. The van der Waals surface area contributed by atoms with Gasteiger partial charge in [-0.3, -0.25) is 9.59 Å². The summed E-state index contributed by atoms with van der Waals surface area (Å²) in [6.45, 7) is 0.821. The van der Waals surface area contributed by atoms with Crippen LogP contribution in [0.1, 0.15) is 35.4 Å². The minimum atomic E-state index is -0.00513. The van der Waals surface area contributed by atoms with Gasteiger partial charge in [-0.1, -0.05) is 60.7 Å². The smallest absolute Gasteiger partial charge is 0.224 e. The van der Waals surface area contributed by atoms with Crippen molar-refractivity contribution in [3.8, 4) is 5.75 Å². The first-order valence-corrected chi connectivity index (χ1v) is 10.6. The Bertz CT molecular complexity index is 996. The normalized spacial score (nSPS) is 12.7. The van der Waals surface area contributed by atoms with Gasteiger partial charge in [0.05, 0.1) is 6.54 Å². The van der Waals surface area contributed by atoms with Gasteiger partial charge in [-0.05, 0) is 41.3 Å². The number of hydrogen-bond donors (Lipinski definition) is 2. The van der Waals surface area contributed by atoms with Gasteiger partial charge in [0.25, 0.3) is 0 Å². The summed E-state index contributed by atoms with van der Waals surface area (Å²) in [4.78, 5) is 24.1. The highest BCUT2D eigenvalue weighted by molar-refractivity contribution is 5.94. The molecule has 5 heteroatoms. The number of ether oxygens (including phenoxy) is 1. The van der Waals surface area contributed by atoms with Crippen molar-refractivity contribution in [2.24, 2.45) is 0 Å². The molecule has 3 aromatic rings. The number of anilines is 1. The van der Waals surface area contributed by atoms with Crippen LogP contribution in [0.2, 0.25) is 0 Å². The highest BCUT2D eigenvalue weighted by atomic mass is 16.5. The Labute approximate surface area is 182 Å². The summed E-state index contributed by atoms with van der Waals surface area (Å²) in [5.74, 6) is 0.803. The van der Waals surface area contributed by atoms with E-state index in [0.29, 0.717) is 26.0 Å². The van der Waals surface area contributed by atoms with Crippen molar-refractivity contribution in [2.75, 3.05) is 18.5 Å². The molecule has 158 valence electrons. The van der Waals surface area contributed by atoms with Gasteiger partial charge in [0, 0.05) is 24.4 Å². The number of fused-ring (bicyclic) bond motifs is 1. The highest BCUT2D eigenvalue weighted by Gasteiger charge is 2.18. The van der Waals surface area contributed by atoms with Crippen molar-refractivity contribution in [3.05, 3.63) is 95.6 Å². The molecule has 5 nitrogen and oxygen atoms in total. The lowest BCUT2D eigenvalue weighted by molar-refractivity contribution is -0.121. The van der Waals surface area contributed by atoms with Gasteiger partial charge in [0.2, 0.25) is 11.8 Å². The van der Waals surface area contributed by atoms with Gasteiger partial charge in [-0.15, -0.1) is 0 Å². The zero-order valence-electron chi connectivity index (χ0n) is 17.3. The van der Waals surface area contributed by atoms with Crippen LogP contribution >= 0.6 is 0 Å². The van der Waals surface area contributed by atoms with Crippen LogP contribution in [0.4, 0.5) is 5.69 Å². The molecule has 0 unspecified atom stereocenters. The number of nitrogens with one attached hydrogen (secondary N) is 2. The Hall–Kier alpha value is -3.60. The molecule has 0 fully saturated rings. The van der Waals surface area contributed by atoms with Gasteiger partial charge < -0.3 is 15.4 Å². The molecule has 1 aliphatic heterocycles. The maximum atomic E-state index is 12.6. The molecule has 31 heavy (non-hydrogen) atoms. The number of hydrogen-bond acceptors (Lipinski definition) is 3. The standard InChI is InChI=1S/C26H26N2O3/c29-25-14-11-21-17-22(12-13-24(21)28-25)31-16-15-27-26(30)18-23(19-7-3-1-4-8-19)20-9-5-2-6-10-20/h1-10,12-13,17,23H,11,14-16,18H2,(H,27,30)(H,28,29). The number of amides is 2. The molecule has 0 aliphatic carbocycles. The molecule has 0 bridgehead atoms. The molecular weight excluding hydrogens is 388 g/mol. The van der Waals surface area contributed by atoms with Crippen molar-refractivity contribution >= 4 is 17.5 Å². The minimum absolute atomic E-state index is 0.00513. The topological polar surface area (TPSA) is 67.4 Å². The van der Waals surface area contributed by atoms with E-state index in [1.165, 1.54) is 0 Å². The average Bonchev–Trinajstić information content (AvgIpc) is 2.81. The number of carbonyl (C=O) groups is 2. The Morgan fingerprint density at radius 3 is 2.29 bits per heavy atom. The molecule has 2 N–H and O–H groups in total. The first-order chi connectivity index (χ1) is 15.2. The van der Waals surface area contributed by atoms with Crippen LogP contribution in [0.5, 0.6) is 5.75 Å². The zero-order chi connectivity index (χ0) is 21.5. The first kappa shape index (κ1) is 20.7. The van der Waals surface area contributed by atoms with E-state index in [4.69, 9.17) is 4.74 Å². The van der Waals surface area contributed by atoms with Crippen molar-refractivity contribution < 1.29 is 14.3 Å². The third kappa shape index (κ3) is 5.51. The van der Waals surface area contributed by atoms with Crippen LogP contribution in [0.25, 0.3) is 0 Å². The second kappa shape index (κ2) is 9.94. The van der Waals surface area contributed by atoms with E-state index in [0.717, 1.165) is 34.5 Å². The van der Waals surface area contributed by atoms with Crippen LogP contribution < -0.4 is 15.4 Å². The Morgan fingerprint density at radius 2 is 1.61 bits per heavy atom. The van der Waals surface area contributed by atoms with Crippen molar-refractivity contribution in [1.29, 1.82) is 0 Å². The van der Waals surface area contributed by atoms with Gasteiger partial charge in [-0.2, -0.15) is 0 Å². The summed E-state index contributed by atoms with van der Waals surface area (Å²) in [7, 11) is 0. The highest BCUT2D eigenvalue weighted by Crippen LogP contribution is 2.28. The minimum Gasteiger partial charge on any atom is -0.492 e. The molecule has 1 aliphatic rings. The summed E-state index contributed by atoms with van der Waals surface area (Å²) < 4.78 is 5.80. The van der Waals surface area contributed by atoms with Crippen LogP contribution in [-0.2, 0) is 16.0 Å². The van der Waals surface area contributed by atoms with Crippen molar-refractivity contribution in [3.63, 3.8) is 0 Å². The van der Waals surface area contributed by atoms with E-state index in [2.05, 4.69) is 34.9 Å². The van der Waals surface area contributed by atoms with E-state index in [9.17, 15) is 9.59 Å². The Morgan fingerprint density at radius 1 is 0.935 bits per heavy atom. The summed E-state index contributed by atoms with van der Waals surface area (Å²) in [5, 5.41) is 5.83. The summed E-state index contributed by atoms with van der Waals surface area (Å²) in [5.41, 5.74) is 4.18. The van der Waals surface area contributed by atoms with E-state index < -0.39 is 0 Å². The monoisotopic (exact) mass is 414 g/mol. The van der Waals surface area contributed by atoms with E-state index >= 15 is 0 Å². The molecular formula is C26H26N2O3. The third-order valence-corrected chi connectivity index (χ3v) is 5.46. The van der Waals surface area contributed by atoms with Crippen molar-refractivity contribution in [2.45, 2.75) is 25.2 Å². The third-order valence-electron chi connectivity index (χ3n) is 5.46. The van der Waals surface area contributed by atoms with E-state index in [-0.39, 0.29) is 17.7 Å². The second-order valence-electron chi connectivity index (χ2n) is 7.64. The molecule has 2 amide bonds. The SMILES string of the molecule is O=C(CC(c1ccccc1)c1ccccc1)NCCOc1ccc2c(c1)CCC(=O)N2. The quantitative estimate of drug-likeness (QED) is 0.541. The van der Waals surface area contributed by atoms with Gasteiger partial charge in [0.1, 0.15) is 12.4 Å². The lowest BCUT2D eigenvalue weighted by Gasteiger charge is -2.19. The summed E-state index contributed by atoms with van der Waals surface area (Å²) >= 11 is 0. The lowest BCUT2D eigenvalue weighted by Crippen LogP contribution is -2.29. The number of rotatable bonds is 8. The Balaban J connectivity index is 1.30.